The Bertz CT molecular complexity index is 376. The molecule has 0 radical (unpaired) electrons. The number of hydrogen-bond donors (Lipinski definition) is 1. The first-order chi connectivity index (χ1) is 9.09. The SMILES string of the molecule is CC(C)(C)OC(=O)N1CC[C@@H](O)[C@@H]2OC(C)(C)OC[C@H]21. The molecule has 1 amide bonds. The Kier molecular flexibility index (Phi) is 4.01. The number of amides is 1. The number of fused-ring (bicyclic) bond motifs is 1. The minimum absolute atomic E-state index is 0.304. The smallest absolute Gasteiger partial charge is 0.410 e. The van der Waals surface area contributed by atoms with Gasteiger partial charge in [-0.1, -0.05) is 0 Å². The zero-order chi connectivity index (χ0) is 15.1. The molecule has 0 aromatic heterocycles. The number of carbonyl (C=O) groups excluding carboxylic acids is 1. The average Bonchev–Trinajstić information content (AvgIpc) is 2.27. The van der Waals surface area contributed by atoms with Crippen LogP contribution in [-0.4, -0.2) is 58.9 Å². The van der Waals surface area contributed by atoms with Gasteiger partial charge in [-0.15, -0.1) is 0 Å². The summed E-state index contributed by atoms with van der Waals surface area (Å²) < 4.78 is 16.8. The second-order valence-corrected chi connectivity index (χ2v) is 6.89. The van der Waals surface area contributed by atoms with Gasteiger partial charge in [-0.2, -0.15) is 0 Å². The number of aliphatic hydroxyl groups is 1. The number of likely N-dealkylation sites (tertiary alicyclic amines) is 1. The highest BCUT2D eigenvalue weighted by Gasteiger charge is 2.47. The molecule has 2 saturated heterocycles. The second kappa shape index (κ2) is 5.16. The number of aliphatic hydroxyl groups excluding tert-OH is 1. The molecule has 2 fully saturated rings. The van der Waals surface area contributed by atoms with Gasteiger partial charge in [-0.05, 0) is 41.0 Å². The number of piperidine rings is 1. The average molecular weight is 287 g/mol. The maximum absolute atomic E-state index is 12.2. The summed E-state index contributed by atoms with van der Waals surface area (Å²) in [5, 5.41) is 10.1. The fourth-order valence-corrected chi connectivity index (χ4v) is 2.57. The summed E-state index contributed by atoms with van der Waals surface area (Å²) in [4.78, 5) is 13.9. The third kappa shape index (κ3) is 3.42. The van der Waals surface area contributed by atoms with E-state index >= 15 is 0 Å². The summed E-state index contributed by atoms with van der Waals surface area (Å²) in [6.45, 7) is 9.90. The first kappa shape index (κ1) is 15.5. The number of nitrogens with zero attached hydrogens (tertiary/aromatic N) is 1. The van der Waals surface area contributed by atoms with E-state index in [0.717, 1.165) is 0 Å². The zero-order valence-corrected chi connectivity index (χ0v) is 12.9. The van der Waals surface area contributed by atoms with Crippen LogP contribution in [-0.2, 0) is 14.2 Å². The lowest BCUT2D eigenvalue weighted by atomic mass is 9.95. The predicted octanol–water partition coefficient (Wildman–Crippen LogP) is 1.51. The Morgan fingerprint density at radius 1 is 1.40 bits per heavy atom. The van der Waals surface area contributed by atoms with Gasteiger partial charge in [0.2, 0.25) is 0 Å². The van der Waals surface area contributed by atoms with Gasteiger partial charge >= 0.3 is 6.09 Å². The van der Waals surface area contributed by atoms with E-state index in [4.69, 9.17) is 14.2 Å². The third-order valence-electron chi connectivity index (χ3n) is 3.47. The van der Waals surface area contributed by atoms with Crippen LogP contribution in [0.5, 0.6) is 0 Å². The highest BCUT2D eigenvalue weighted by molar-refractivity contribution is 5.69. The summed E-state index contributed by atoms with van der Waals surface area (Å²) in [6, 6.07) is -0.304. The van der Waals surface area contributed by atoms with Crippen molar-refractivity contribution < 1.29 is 24.1 Å². The van der Waals surface area contributed by atoms with Gasteiger partial charge in [0, 0.05) is 6.54 Å². The fourth-order valence-electron chi connectivity index (χ4n) is 2.57. The Labute approximate surface area is 120 Å². The standard InChI is InChI=1S/C14H25NO5/c1-13(2,3)20-12(17)15-7-6-10(16)11-9(15)8-18-14(4,5)19-11/h9-11,16H,6-8H2,1-5H3/t9-,10-,11-/m1/s1. The molecule has 0 aromatic carbocycles. The summed E-state index contributed by atoms with van der Waals surface area (Å²) >= 11 is 0. The molecule has 116 valence electrons. The number of ether oxygens (including phenoxy) is 3. The van der Waals surface area contributed by atoms with Gasteiger partial charge in [0.1, 0.15) is 11.7 Å². The van der Waals surface area contributed by atoms with E-state index in [-0.39, 0.29) is 12.1 Å². The molecule has 3 atom stereocenters. The molecule has 2 heterocycles. The molecular formula is C14H25NO5. The van der Waals surface area contributed by atoms with Crippen LogP contribution < -0.4 is 0 Å². The van der Waals surface area contributed by atoms with Crippen LogP contribution in [0.2, 0.25) is 0 Å². The van der Waals surface area contributed by atoms with E-state index < -0.39 is 23.6 Å². The number of rotatable bonds is 0. The lowest BCUT2D eigenvalue weighted by Gasteiger charge is -2.49. The molecule has 0 saturated carbocycles. The summed E-state index contributed by atoms with van der Waals surface area (Å²) in [7, 11) is 0. The van der Waals surface area contributed by atoms with Gasteiger partial charge < -0.3 is 24.2 Å². The Morgan fingerprint density at radius 3 is 2.65 bits per heavy atom. The normalized spacial score (nSPS) is 33.5. The highest BCUT2D eigenvalue weighted by Crippen LogP contribution is 2.32. The van der Waals surface area contributed by atoms with Crippen molar-refractivity contribution in [1.29, 1.82) is 0 Å². The first-order valence-corrected chi connectivity index (χ1v) is 7.08. The molecule has 0 aromatic rings. The Hall–Kier alpha value is -0.850. The summed E-state index contributed by atoms with van der Waals surface area (Å²) in [5.74, 6) is -0.737. The van der Waals surface area contributed by atoms with Gasteiger partial charge in [0.15, 0.2) is 5.79 Å². The first-order valence-electron chi connectivity index (χ1n) is 7.08. The highest BCUT2D eigenvalue weighted by atomic mass is 16.7. The molecule has 0 spiro atoms. The molecule has 0 bridgehead atoms. The van der Waals surface area contributed by atoms with Crippen LogP contribution in [0.4, 0.5) is 4.79 Å². The van der Waals surface area contributed by atoms with E-state index in [9.17, 15) is 9.90 Å². The third-order valence-corrected chi connectivity index (χ3v) is 3.47. The quantitative estimate of drug-likeness (QED) is 0.731. The monoisotopic (exact) mass is 287 g/mol. The van der Waals surface area contributed by atoms with Gasteiger partial charge in [0.25, 0.3) is 0 Å². The van der Waals surface area contributed by atoms with Crippen molar-refractivity contribution in [3.05, 3.63) is 0 Å². The van der Waals surface area contributed by atoms with Crippen molar-refractivity contribution in [3.8, 4) is 0 Å². The van der Waals surface area contributed by atoms with Crippen molar-refractivity contribution >= 4 is 6.09 Å². The van der Waals surface area contributed by atoms with Crippen molar-refractivity contribution in [2.24, 2.45) is 0 Å². The topological polar surface area (TPSA) is 68.2 Å². The Balaban J connectivity index is 2.10. The molecule has 6 nitrogen and oxygen atoms in total. The molecule has 20 heavy (non-hydrogen) atoms. The van der Waals surface area contributed by atoms with E-state index in [1.165, 1.54) is 0 Å². The zero-order valence-electron chi connectivity index (χ0n) is 12.9. The van der Waals surface area contributed by atoms with E-state index in [1.54, 1.807) is 4.90 Å². The van der Waals surface area contributed by atoms with Gasteiger partial charge in [-0.3, -0.25) is 0 Å². The van der Waals surface area contributed by atoms with E-state index in [2.05, 4.69) is 0 Å². The van der Waals surface area contributed by atoms with Crippen LogP contribution in [0.3, 0.4) is 0 Å². The molecule has 2 aliphatic rings. The largest absolute Gasteiger partial charge is 0.444 e. The molecule has 1 N–H and O–H groups in total. The minimum atomic E-state index is -0.737. The van der Waals surface area contributed by atoms with Crippen LogP contribution in [0.15, 0.2) is 0 Å². The van der Waals surface area contributed by atoms with Crippen LogP contribution in [0, 0.1) is 0 Å². The van der Waals surface area contributed by atoms with Crippen LogP contribution >= 0.6 is 0 Å². The molecule has 6 heteroatoms. The van der Waals surface area contributed by atoms with Crippen molar-refractivity contribution in [3.63, 3.8) is 0 Å². The Morgan fingerprint density at radius 2 is 2.05 bits per heavy atom. The number of hydrogen-bond acceptors (Lipinski definition) is 5. The molecule has 2 rings (SSSR count). The second-order valence-electron chi connectivity index (χ2n) is 6.89. The fraction of sp³-hybridized carbons (Fsp3) is 0.929. The lowest BCUT2D eigenvalue weighted by Crippen LogP contribution is -2.64. The molecular weight excluding hydrogens is 262 g/mol. The van der Waals surface area contributed by atoms with Crippen molar-refractivity contribution in [1.82, 2.24) is 4.90 Å². The van der Waals surface area contributed by atoms with E-state index in [0.29, 0.717) is 19.6 Å². The lowest BCUT2D eigenvalue weighted by molar-refractivity contribution is -0.314. The molecule has 0 aliphatic carbocycles. The molecule has 2 aliphatic heterocycles. The molecule has 0 unspecified atom stereocenters. The summed E-state index contributed by atoms with van der Waals surface area (Å²) in [6.07, 6.45) is -0.913. The summed E-state index contributed by atoms with van der Waals surface area (Å²) in [5.41, 5.74) is -0.543. The predicted molar refractivity (Wildman–Crippen MR) is 72.3 cm³/mol. The van der Waals surface area contributed by atoms with Gasteiger partial charge in [-0.25, -0.2) is 4.79 Å². The van der Waals surface area contributed by atoms with Crippen LogP contribution in [0.25, 0.3) is 0 Å². The van der Waals surface area contributed by atoms with Crippen molar-refractivity contribution in [2.45, 2.75) is 70.7 Å². The maximum atomic E-state index is 12.2. The number of carbonyl (C=O) groups is 1. The van der Waals surface area contributed by atoms with E-state index in [1.807, 2.05) is 34.6 Å². The maximum Gasteiger partial charge on any atom is 0.410 e. The van der Waals surface area contributed by atoms with Gasteiger partial charge in [0.05, 0.1) is 18.8 Å². The minimum Gasteiger partial charge on any atom is -0.444 e. The van der Waals surface area contributed by atoms with Crippen molar-refractivity contribution in [2.75, 3.05) is 13.2 Å². The van der Waals surface area contributed by atoms with Crippen LogP contribution in [0.1, 0.15) is 41.0 Å².